The summed E-state index contributed by atoms with van der Waals surface area (Å²) in [5.74, 6) is 1.97. The van der Waals surface area contributed by atoms with Crippen LogP contribution in [0.2, 0.25) is 0 Å². The molecule has 0 radical (unpaired) electrons. The molecule has 69 heavy (non-hydrogen) atoms. The maximum Gasteiger partial charge on any atom is 0.241 e. The molecular weight excluding hydrogens is 935 g/mol. The first-order chi connectivity index (χ1) is 33.4. The summed E-state index contributed by atoms with van der Waals surface area (Å²) in [5, 5.41) is 1.63. The molecule has 0 fully saturated rings. The Morgan fingerprint density at radius 3 is 2.03 bits per heavy atom. The summed E-state index contributed by atoms with van der Waals surface area (Å²) < 4.78 is 63.9. The summed E-state index contributed by atoms with van der Waals surface area (Å²) in [7, 11) is -3.96. The van der Waals surface area contributed by atoms with Gasteiger partial charge in [-0.1, -0.05) is 118 Å². The van der Waals surface area contributed by atoms with Gasteiger partial charge in [0, 0.05) is 73.0 Å². The minimum Gasteiger partial charge on any atom is -0.456 e. The van der Waals surface area contributed by atoms with E-state index in [2.05, 4.69) is 121 Å². The predicted molar refractivity (Wildman–Crippen MR) is 289 cm³/mol. The Hall–Kier alpha value is -5.47. The summed E-state index contributed by atoms with van der Waals surface area (Å²) in [6.07, 6.45) is 3.96. The van der Waals surface area contributed by atoms with Gasteiger partial charge in [-0.2, -0.15) is 4.58 Å². The molecule has 1 aliphatic carbocycles. The van der Waals surface area contributed by atoms with E-state index >= 15 is 0 Å². The molecular formula is C57H60N3O5S4+. The van der Waals surface area contributed by atoms with Crippen LogP contribution in [-0.2, 0) is 21.1 Å². The van der Waals surface area contributed by atoms with E-state index in [-0.39, 0.29) is 10.8 Å². The Kier molecular flexibility index (Phi) is 16.3. The monoisotopic (exact) mass is 994 g/mol. The van der Waals surface area contributed by atoms with Crippen molar-refractivity contribution < 1.29 is 21.6 Å². The summed E-state index contributed by atoms with van der Waals surface area (Å²) in [4.78, 5) is 5.14. The van der Waals surface area contributed by atoms with E-state index in [1.807, 2.05) is 62.4 Å². The Labute approximate surface area is 418 Å². The van der Waals surface area contributed by atoms with Crippen LogP contribution < -0.4 is 19.6 Å². The number of sulfonamides is 1. The van der Waals surface area contributed by atoms with Gasteiger partial charge in [0.05, 0.1) is 21.7 Å². The molecule has 356 valence electrons. The number of hydrogen-bond donors (Lipinski definition) is 2. The largest absolute Gasteiger partial charge is 0.456 e. The second kappa shape index (κ2) is 22.5. The Morgan fingerprint density at radius 1 is 0.725 bits per heavy atom. The van der Waals surface area contributed by atoms with Gasteiger partial charge in [0.1, 0.15) is 11.3 Å². The number of nitrogens with zero attached hydrogens (tertiary/aromatic N) is 2. The van der Waals surface area contributed by atoms with Crippen LogP contribution in [-0.4, -0.2) is 35.5 Å². The molecule has 0 spiro atoms. The van der Waals surface area contributed by atoms with Crippen LogP contribution in [0.5, 0.6) is 0 Å². The molecule has 2 unspecified atom stereocenters. The first kappa shape index (κ1) is 49.9. The summed E-state index contributed by atoms with van der Waals surface area (Å²) >= 11 is 1.30. The molecule has 0 saturated carbocycles. The van der Waals surface area contributed by atoms with Crippen molar-refractivity contribution in [1.82, 2.24) is 9.30 Å². The second-order valence-electron chi connectivity index (χ2n) is 17.5. The maximum absolute atomic E-state index is 14.6. The van der Waals surface area contributed by atoms with Crippen molar-refractivity contribution >= 4 is 72.7 Å². The topological polar surface area (TPSA) is 103 Å². The minimum atomic E-state index is -3.96. The smallest absolute Gasteiger partial charge is 0.241 e. The molecule has 0 amide bonds. The SMILES string of the molecule is CCCCC(CC)CNS(=O)(=O)c1ccccc1-c1c2cc/c(=[N+](/CSc3ccccc3)c3c(C)cc(S(=O)O)cc3C)cc-2oc2cc(N(CSc3ccccc3)c3c(C)cccc3C)ccc12. The third-order valence-corrected chi connectivity index (χ3v) is 16.8. The van der Waals surface area contributed by atoms with Crippen molar-refractivity contribution in [2.75, 3.05) is 23.2 Å². The summed E-state index contributed by atoms with van der Waals surface area (Å²) in [6, 6.07) is 50.2. The lowest BCUT2D eigenvalue weighted by Crippen LogP contribution is -2.29. The highest BCUT2D eigenvalue weighted by molar-refractivity contribution is 7.99. The number of fused-ring (bicyclic) bond motifs is 2. The molecule has 1 aliphatic heterocycles. The van der Waals surface area contributed by atoms with Gasteiger partial charge in [0.2, 0.25) is 21.1 Å². The number of unbranched alkanes of at least 4 members (excludes halogenated alkanes) is 1. The van der Waals surface area contributed by atoms with Gasteiger partial charge in [-0.25, -0.2) is 17.3 Å². The number of rotatable bonds is 19. The van der Waals surface area contributed by atoms with E-state index in [1.54, 1.807) is 47.8 Å². The minimum absolute atomic E-state index is 0.210. The van der Waals surface area contributed by atoms with Crippen molar-refractivity contribution in [1.29, 1.82) is 0 Å². The molecule has 2 aliphatic rings. The molecule has 0 saturated heterocycles. The van der Waals surface area contributed by atoms with Crippen LogP contribution >= 0.6 is 23.5 Å². The van der Waals surface area contributed by atoms with Crippen LogP contribution in [0.1, 0.15) is 61.8 Å². The lowest BCUT2D eigenvalue weighted by molar-refractivity contribution is 0.444. The maximum atomic E-state index is 14.6. The second-order valence-corrected chi connectivity index (χ2v) is 22.3. The number of thioether (sulfide) groups is 2. The van der Waals surface area contributed by atoms with Crippen LogP contribution in [0, 0.1) is 33.6 Å². The molecule has 2 N–H and O–H groups in total. The third kappa shape index (κ3) is 11.4. The number of anilines is 2. The number of para-hydroxylation sites is 1. The molecule has 2 atom stereocenters. The van der Waals surface area contributed by atoms with Crippen LogP contribution in [0.15, 0.2) is 176 Å². The first-order valence-corrected chi connectivity index (χ1v) is 28.0. The Balaban J connectivity index is 1.38. The molecule has 8 nitrogen and oxygen atoms in total. The van der Waals surface area contributed by atoms with E-state index < -0.39 is 21.1 Å². The average molecular weight is 995 g/mol. The molecule has 1 heterocycles. The van der Waals surface area contributed by atoms with Gasteiger partial charge < -0.3 is 13.9 Å². The van der Waals surface area contributed by atoms with E-state index in [0.29, 0.717) is 40.1 Å². The van der Waals surface area contributed by atoms with Gasteiger partial charge in [0.25, 0.3) is 0 Å². The predicted octanol–water partition coefficient (Wildman–Crippen LogP) is 14.3. The van der Waals surface area contributed by atoms with E-state index in [0.717, 1.165) is 96.7 Å². The quantitative estimate of drug-likeness (QED) is 0.0272. The average Bonchev–Trinajstić information content (AvgIpc) is 3.35. The molecule has 6 aromatic rings. The zero-order valence-electron chi connectivity index (χ0n) is 40.1. The molecule has 12 heteroatoms. The fourth-order valence-electron chi connectivity index (χ4n) is 9.17. The molecule has 0 aromatic heterocycles. The van der Waals surface area contributed by atoms with Crippen molar-refractivity contribution in [2.45, 2.75) is 86.8 Å². The van der Waals surface area contributed by atoms with E-state index in [1.165, 1.54) is 0 Å². The normalized spacial score (nSPS) is 13.1. The highest BCUT2D eigenvalue weighted by Crippen LogP contribution is 2.44. The van der Waals surface area contributed by atoms with Gasteiger partial charge in [0.15, 0.2) is 17.0 Å². The highest BCUT2D eigenvalue weighted by atomic mass is 32.2. The molecule has 8 rings (SSSR count). The molecule has 0 bridgehead atoms. The van der Waals surface area contributed by atoms with Crippen molar-refractivity contribution in [3.8, 4) is 22.5 Å². The lowest BCUT2D eigenvalue weighted by atomic mass is 9.93. The van der Waals surface area contributed by atoms with Crippen molar-refractivity contribution in [3.63, 3.8) is 0 Å². The zero-order valence-corrected chi connectivity index (χ0v) is 43.3. The Bertz CT molecular complexity index is 3220. The third-order valence-electron chi connectivity index (χ3n) is 12.7. The van der Waals surface area contributed by atoms with Crippen LogP contribution in [0.4, 0.5) is 17.1 Å². The van der Waals surface area contributed by atoms with Gasteiger partial charge >= 0.3 is 0 Å². The van der Waals surface area contributed by atoms with Crippen molar-refractivity contribution in [3.05, 3.63) is 179 Å². The summed E-state index contributed by atoms with van der Waals surface area (Å²) in [6.45, 7) is 12.9. The lowest BCUT2D eigenvalue weighted by Gasteiger charge is -2.28. The molecule has 6 aromatic carbocycles. The van der Waals surface area contributed by atoms with Gasteiger partial charge in [-0.3, -0.25) is 0 Å². The van der Waals surface area contributed by atoms with Crippen LogP contribution in [0.3, 0.4) is 0 Å². The standard InChI is InChI=1S/C57H59N3O5S4/c1-7-9-21-43(8-2)36-58-69(63,64)54-27-17-16-26-51(54)55-49-30-28-44(59(37-66-46-22-12-10-13-23-46)56-39(3)19-18-20-40(56)4)34-52(49)65-53-35-45(29-31-50(53)55)60(38-67-47-24-14-11-15-25-47)57-41(5)32-48(68(61)62)33-42(57)6/h10-20,22-35,43,58H,7-9,21,36-38H2,1-6H3/p+1. The van der Waals surface area contributed by atoms with E-state index in [4.69, 9.17) is 4.42 Å². The van der Waals surface area contributed by atoms with Crippen LogP contribution in [0.25, 0.3) is 33.4 Å². The number of nitrogens with one attached hydrogen (secondary N) is 1. The van der Waals surface area contributed by atoms with Gasteiger partial charge in [-0.05, 0) is 112 Å². The van der Waals surface area contributed by atoms with E-state index in [9.17, 15) is 17.2 Å². The fraction of sp³-hybridized carbons (Fsp3) is 0.246. The van der Waals surface area contributed by atoms with Gasteiger partial charge in [-0.15, -0.1) is 11.8 Å². The number of benzene rings is 7. The first-order valence-electron chi connectivity index (χ1n) is 23.5. The fourth-order valence-corrected chi connectivity index (χ4v) is 12.9. The highest BCUT2D eigenvalue weighted by Gasteiger charge is 2.28. The zero-order chi connectivity index (χ0) is 48.7. The number of aryl methyl sites for hydroxylation is 4. The number of hydrogen-bond acceptors (Lipinski definition) is 7. The summed E-state index contributed by atoms with van der Waals surface area (Å²) in [5.41, 5.74) is 9.67. The Morgan fingerprint density at radius 2 is 1.38 bits per heavy atom. The van der Waals surface area contributed by atoms with Crippen molar-refractivity contribution in [2.24, 2.45) is 5.92 Å².